The third kappa shape index (κ3) is 6.20. The Bertz CT molecular complexity index is 1140. The zero-order valence-corrected chi connectivity index (χ0v) is 24.0. The van der Waals surface area contributed by atoms with Crippen LogP contribution in [0.5, 0.6) is 0 Å². The Labute approximate surface area is 227 Å². The van der Waals surface area contributed by atoms with E-state index in [1.807, 2.05) is 18.2 Å². The number of carbonyl (C=O) groups excluding carboxylic acids is 1. The number of hydrogen-bond donors (Lipinski definition) is 0. The lowest BCUT2D eigenvalue weighted by Crippen LogP contribution is -2.67. The highest BCUT2D eigenvalue weighted by Crippen LogP contribution is 2.37. The Morgan fingerprint density at radius 1 is 0.919 bits per heavy atom. The maximum Gasteiger partial charge on any atom is 0.303 e. The standard InChI is InChI=1S/C31H37NO3SSi/c1-24(33)35-29-20-26(22-32(30(29)36)21-25-14-8-5-9-15-25)23-34-37(31(2,3)4,27-16-10-6-11-17-27)28-18-12-7-13-19-28/h5-19,26,29H,20-23H2,1-4H3. The van der Waals surface area contributed by atoms with E-state index in [1.54, 1.807) is 0 Å². The summed E-state index contributed by atoms with van der Waals surface area (Å²) in [4.78, 5) is 14.8. The molecule has 0 saturated carbocycles. The molecule has 3 aromatic carbocycles. The molecule has 0 N–H and O–H groups in total. The second-order valence-corrected chi connectivity index (χ2v) is 15.6. The predicted molar refractivity (Wildman–Crippen MR) is 157 cm³/mol. The summed E-state index contributed by atoms with van der Waals surface area (Å²) in [6, 6.07) is 31.7. The van der Waals surface area contributed by atoms with Gasteiger partial charge in [0.1, 0.15) is 4.99 Å². The first kappa shape index (κ1) is 27.2. The molecule has 1 saturated heterocycles. The number of nitrogens with zero attached hydrogens (tertiary/aromatic N) is 1. The number of thiocarbonyl (C=S) groups is 1. The minimum Gasteiger partial charge on any atom is -0.455 e. The van der Waals surface area contributed by atoms with Crippen LogP contribution in [0.3, 0.4) is 0 Å². The molecule has 3 aromatic rings. The van der Waals surface area contributed by atoms with Gasteiger partial charge in [-0.2, -0.15) is 0 Å². The molecular weight excluding hydrogens is 494 g/mol. The van der Waals surface area contributed by atoms with Crippen LogP contribution >= 0.6 is 12.2 Å². The van der Waals surface area contributed by atoms with Gasteiger partial charge in [-0.3, -0.25) is 4.79 Å². The number of esters is 1. The number of ether oxygens (including phenoxy) is 1. The first-order valence-electron chi connectivity index (χ1n) is 13.0. The van der Waals surface area contributed by atoms with Crippen LogP contribution in [0.1, 0.15) is 39.7 Å². The van der Waals surface area contributed by atoms with Gasteiger partial charge in [-0.1, -0.05) is 124 Å². The lowest BCUT2D eigenvalue weighted by Gasteiger charge is -2.45. The summed E-state index contributed by atoms with van der Waals surface area (Å²) in [5.74, 6) is -0.137. The molecule has 1 fully saturated rings. The largest absolute Gasteiger partial charge is 0.455 e. The van der Waals surface area contributed by atoms with Crippen molar-refractivity contribution in [2.75, 3.05) is 13.2 Å². The molecule has 0 aliphatic carbocycles. The van der Waals surface area contributed by atoms with Crippen molar-refractivity contribution in [2.24, 2.45) is 5.92 Å². The molecule has 37 heavy (non-hydrogen) atoms. The zero-order valence-electron chi connectivity index (χ0n) is 22.2. The van der Waals surface area contributed by atoms with Crippen LogP contribution in [0.2, 0.25) is 5.04 Å². The van der Waals surface area contributed by atoms with Gasteiger partial charge in [0.05, 0.1) is 0 Å². The van der Waals surface area contributed by atoms with E-state index in [-0.39, 0.29) is 16.9 Å². The van der Waals surface area contributed by atoms with E-state index in [2.05, 4.69) is 98.5 Å². The summed E-state index contributed by atoms with van der Waals surface area (Å²) >= 11 is 5.81. The summed E-state index contributed by atoms with van der Waals surface area (Å²) in [7, 11) is -2.66. The summed E-state index contributed by atoms with van der Waals surface area (Å²) in [6.45, 7) is 10.3. The second kappa shape index (κ2) is 11.7. The number of likely N-dealkylation sites (tertiary alicyclic amines) is 1. The first-order valence-corrected chi connectivity index (χ1v) is 15.3. The highest BCUT2D eigenvalue weighted by molar-refractivity contribution is 7.80. The smallest absolute Gasteiger partial charge is 0.303 e. The topological polar surface area (TPSA) is 38.8 Å². The normalized spacial score (nSPS) is 18.5. The van der Waals surface area contributed by atoms with Crippen LogP contribution in [0.15, 0.2) is 91.0 Å². The third-order valence-corrected chi connectivity index (χ3v) is 12.6. The van der Waals surface area contributed by atoms with Crippen molar-refractivity contribution < 1.29 is 14.0 Å². The van der Waals surface area contributed by atoms with Crippen LogP contribution in [-0.2, 0) is 20.5 Å². The van der Waals surface area contributed by atoms with Crippen molar-refractivity contribution >= 4 is 41.9 Å². The molecule has 0 spiro atoms. The Morgan fingerprint density at radius 2 is 1.43 bits per heavy atom. The van der Waals surface area contributed by atoms with Crippen molar-refractivity contribution in [2.45, 2.75) is 51.8 Å². The van der Waals surface area contributed by atoms with Crippen molar-refractivity contribution in [3.05, 3.63) is 96.6 Å². The summed E-state index contributed by atoms with van der Waals surface area (Å²) in [5.41, 5.74) is 1.18. The average molecular weight is 532 g/mol. The number of benzene rings is 3. The molecule has 4 nitrogen and oxygen atoms in total. The molecule has 0 bridgehead atoms. The molecular formula is C31H37NO3SSi. The molecule has 0 aromatic heterocycles. The molecule has 1 aliphatic rings. The Balaban J connectivity index is 1.65. The summed E-state index contributed by atoms with van der Waals surface area (Å²) in [5, 5.41) is 2.43. The first-order chi connectivity index (χ1) is 17.7. The van der Waals surface area contributed by atoms with E-state index >= 15 is 0 Å². The van der Waals surface area contributed by atoms with Gasteiger partial charge < -0.3 is 14.1 Å². The van der Waals surface area contributed by atoms with E-state index in [9.17, 15) is 4.79 Å². The maximum absolute atomic E-state index is 11.9. The fourth-order valence-electron chi connectivity index (χ4n) is 5.45. The molecule has 2 atom stereocenters. The van der Waals surface area contributed by atoms with Crippen LogP contribution in [-0.4, -0.2) is 43.4 Å². The maximum atomic E-state index is 11.9. The van der Waals surface area contributed by atoms with Gasteiger partial charge in [0.15, 0.2) is 6.10 Å². The average Bonchev–Trinajstić information content (AvgIpc) is 2.88. The molecule has 4 rings (SSSR count). The fourth-order valence-corrected chi connectivity index (χ4v) is 10.4. The van der Waals surface area contributed by atoms with Crippen molar-refractivity contribution in [1.29, 1.82) is 0 Å². The van der Waals surface area contributed by atoms with Gasteiger partial charge in [-0.25, -0.2) is 0 Å². The molecule has 6 heteroatoms. The third-order valence-electron chi connectivity index (χ3n) is 7.09. The van der Waals surface area contributed by atoms with E-state index < -0.39 is 14.4 Å². The number of piperidine rings is 1. The van der Waals surface area contributed by atoms with E-state index in [4.69, 9.17) is 21.4 Å². The van der Waals surface area contributed by atoms with E-state index in [1.165, 1.54) is 22.9 Å². The van der Waals surface area contributed by atoms with Crippen LogP contribution in [0, 0.1) is 5.92 Å². The monoisotopic (exact) mass is 531 g/mol. The van der Waals surface area contributed by atoms with Gasteiger partial charge in [0, 0.05) is 32.5 Å². The minimum absolute atomic E-state index is 0.0985. The van der Waals surface area contributed by atoms with Gasteiger partial charge >= 0.3 is 5.97 Å². The Morgan fingerprint density at radius 3 is 1.92 bits per heavy atom. The second-order valence-electron chi connectivity index (χ2n) is 10.9. The minimum atomic E-state index is -2.66. The van der Waals surface area contributed by atoms with E-state index in [0.717, 1.165) is 6.54 Å². The Hall–Kier alpha value is -2.80. The lowest BCUT2D eigenvalue weighted by molar-refractivity contribution is -0.144. The number of carbonyl (C=O) groups is 1. The molecule has 1 heterocycles. The number of hydrogen-bond acceptors (Lipinski definition) is 4. The molecule has 2 unspecified atom stereocenters. The van der Waals surface area contributed by atoms with Crippen molar-refractivity contribution in [1.82, 2.24) is 4.90 Å². The quantitative estimate of drug-likeness (QED) is 0.223. The zero-order chi connectivity index (χ0) is 26.5. The number of rotatable bonds is 8. The summed E-state index contributed by atoms with van der Waals surface area (Å²) in [6.07, 6.45) is 0.250. The summed E-state index contributed by atoms with van der Waals surface area (Å²) < 4.78 is 12.9. The van der Waals surface area contributed by atoms with Crippen molar-refractivity contribution in [3.8, 4) is 0 Å². The SMILES string of the molecule is CC(=O)OC1CC(CO[Si](c2ccccc2)(c2ccccc2)C(C)(C)C)CN(Cc2ccccc2)C1=S. The van der Waals surface area contributed by atoms with E-state index in [0.29, 0.717) is 24.6 Å². The van der Waals surface area contributed by atoms with Crippen LogP contribution < -0.4 is 10.4 Å². The van der Waals surface area contributed by atoms with Gasteiger partial charge in [0.25, 0.3) is 8.32 Å². The molecule has 0 amide bonds. The predicted octanol–water partition coefficient (Wildman–Crippen LogP) is 5.34. The van der Waals surface area contributed by atoms with Crippen LogP contribution in [0.25, 0.3) is 0 Å². The van der Waals surface area contributed by atoms with Crippen LogP contribution in [0.4, 0.5) is 0 Å². The van der Waals surface area contributed by atoms with Gasteiger partial charge in [0.2, 0.25) is 0 Å². The fraction of sp³-hybridized carbons (Fsp3) is 0.355. The molecule has 194 valence electrons. The lowest BCUT2D eigenvalue weighted by atomic mass is 9.96. The molecule has 0 radical (unpaired) electrons. The van der Waals surface area contributed by atoms with Gasteiger partial charge in [-0.05, 0) is 27.4 Å². The highest BCUT2D eigenvalue weighted by atomic mass is 32.1. The Kier molecular flexibility index (Phi) is 8.62. The highest BCUT2D eigenvalue weighted by Gasteiger charge is 2.50. The molecule has 1 aliphatic heterocycles. The van der Waals surface area contributed by atoms with Crippen molar-refractivity contribution in [3.63, 3.8) is 0 Å². The van der Waals surface area contributed by atoms with Gasteiger partial charge in [-0.15, -0.1) is 0 Å².